The third kappa shape index (κ3) is 5.30. The molecule has 0 bridgehead atoms. The molecule has 0 aromatic heterocycles. The Hall–Kier alpha value is -2.04. The number of hydrogen-bond donors (Lipinski definition) is 0. The van der Waals surface area contributed by atoms with E-state index in [4.69, 9.17) is 9.47 Å². The Morgan fingerprint density at radius 3 is 2.35 bits per heavy atom. The van der Waals surface area contributed by atoms with Crippen LogP contribution in [0.25, 0.3) is 0 Å². The molecule has 0 atom stereocenters. The number of amides is 1. The Labute approximate surface area is 119 Å². The van der Waals surface area contributed by atoms with Crippen molar-refractivity contribution < 1.29 is 19.1 Å². The first kappa shape index (κ1) is 16.0. The predicted molar refractivity (Wildman–Crippen MR) is 75.3 cm³/mol. The quantitative estimate of drug-likeness (QED) is 0.716. The summed E-state index contributed by atoms with van der Waals surface area (Å²) < 4.78 is 9.94. The van der Waals surface area contributed by atoms with E-state index >= 15 is 0 Å². The lowest BCUT2D eigenvalue weighted by molar-refractivity contribution is -0.144. The zero-order chi connectivity index (χ0) is 15.0. The second-order valence-electron chi connectivity index (χ2n) is 4.34. The largest absolute Gasteiger partial charge is 0.497 e. The summed E-state index contributed by atoms with van der Waals surface area (Å²) in [7, 11) is 1.61. The normalized spacial score (nSPS) is 9.95. The van der Waals surface area contributed by atoms with Gasteiger partial charge in [0.25, 0.3) is 0 Å². The van der Waals surface area contributed by atoms with Crippen molar-refractivity contribution in [3.05, 3.63) is 29.8 Å². The Bertz CT molecular complexity index is 442. The van der Waals surface area contributed by atoms with E-state index in [1.807, 2.05) is 24.3 Å². The highest BCUT2D eigenvalue weighted by Gasteiger charge is 2.12. The molecule has 0 heterocycles. The van der Waals surface area contributed by atoms with Crippen LogP contribution in [0, 0.1) is 0 Å². The van der Waals surface area contributed by atoms with Crippen molar-refractivity contribution in [1.82, 2.24) is 4.90 Å². The number of carbonyl (C=O) groups excluding carboxylic acids is 2. The third-order valence-electron chi connectivity index (χ3n) is 2.87. The summed E-state index contributed by atoms with van der Waals surface area (Å²) in [5, 5.41) is 0. The van der Waals surface area contributed by atoms with Crippen molar-refractivity contribution in [2.45, 2.75) is 26.8 Å². The molecule has 0 spiro atoms. The van der Waals surface area contributed by atoms with Crippen LogP contribution in [-0.2, 0) is 20.9 Å². The Balaban J connectivity index is 2.57. The summed E-state index contributed by atoms with van der Waals surface area (Å²) >= 11 is 0. The average molecular weight is 279 g/mol. The maximum absolute atomic E-state index is 11.6. The highest BCUT2D eigenvalue weighted by atomic mass is 16.5. The molecule has 20 heavy (non-hydrogen) atoms. The van der Waals surface area contributed by atoms with Crippen LogP contribution in [0.5, 0.6) is 5.75 Å². The first-order valence-electron chi connectivity index (χ1n) is 6.61. The molecule has 1 aromatic rings. The predicted octanol–water partition coefficient (Wildman–Crippen LogP) is 2.00. The van der Waals surface area contributed by atoms with Gasteiger partial charge < -0.3 is 14.4 Å². The smallest absolute Gasteiger partial charge is 0.307 e. The zero-order valence-electron chi connectivity index (χ0n) is 12.2. The molecule has 5 heteroatoms. The van der Waals surface area contributed by atoms with Gasteiger partial charge in [-0.25, -0.2) is 0 Å². The van der Waals surface area contributed by atoms with Crippen LogP contribution in [-0.4, -0.2) is 37.0 Å². The van der Waals surface area contributed by atoms with Crippen LogP contribution in [0.2, 0.25) is 0 Å². The number of carbonyl (C=O) groups is 2. The van der Waals surface area contributed by atoms with Gasteiger partial charge in [-0.05, 0) is 24.6 Å². The van der Waals surface area contributed by atoms with Gasteiger partial charge in [-0.3, -0.25) is 9.59 Å². The van der Waals surface area contributed by atoms with Crippen LogP contribution in [0.4, 0.5) is 0 Å². The summed E-state index contributed by atoms with van der Waals surface area (Å²) in [6, 6.07) is 7.50. The molecule has 0 fully saturated rings. The molecule has 0 aliphatic rings. The maximum Gasteiger partial charge on any atom is 0.307 e. The van der Waals surface area contributed by atoms with E-state index in [-0.39, 0.29) is 18.3 Å². The van der Waals surface area contributed by atoms with Gasteiger partial charge in [0.1, 0.15) is 5.75 Å². The van der Waals surface area contributed by atoms with Crippen molar-refractivity contribution >= 4 is 11.9 Å². The van der Waals surface area contributed by atoms with E-state index in [9.17, 15) is 9.59 Å². The minimum atomic E-state index is -0.284. The minimum absolute atomic E-state index is 0.0647. The second kappa shape index (κ2) is 8.19. The van der Waals surface area contributed by atoms with Crippen molar-refractivity contribution in [1.29, 1.82) is 0 Å². The van der Waals surface area contributed by atoms with Crippen molar-refractivity contribution in [3.8, 4) is 5.75 Å². The van der Waals surface area contributed by atoms with Crippen LogP contribution >= 0.6 is 0 Å². The summed E-state index contributed by atoms with van der Waals surface area (Å²) in [4.78, 5) is 24.5. The van der Waals surface area contributed by atoms with Crippen LogP contribution in [0.1, 0.15) is 25.8 Å². The number of methoxy groups -OCH3 is 1. The zero-order valence-corrected chi connectivity index (χ0v) is 12.2. The van der Waals surface area contributed by atoms with E-state index in [1.165, 1.54) is 6.92 Å². The molecule has 0 saturated heterocycles. The number of esters is 1. The van der Waals surface area contributed by atoms with Gasteiger partial charge in [-0.15, -0.1) is 0 Å². The molecule has 1 amide bonds. The number of benzene rings is 1. The molecule has 0 aliphatic carbocycles. The van der Waals surface area contributed by atoms with Gasteiger partial charge in [0, 0.05) is 20.0 Å². The molecule has 1 aromatic carbocycles. The monoisotopic (exact) mass is 279 g/mol. The highest BCUT2D eigenvalue weighted by molar-refractivity contribution is 5.75. The molecular weight excluding hydrogens is 258 g/mol. The van der Waals surface area contributed by atoms with E-state index in [0.717, 1.165) is 11.3 Å². The lowest BCUT2D eigenvalue weighted by atomic mass is 10.2. The molecule has 0 radical (unpaired) electrons. The molecule has 1 rings (SSSR count). The Morgan fingerprint density at radius 2 is 1.85 bits per heavy atom. The number of ether oxygens (including phenoxy) is 2. The first-order valence-corrected chi connectivity index (χ1v) is 6.61. The summed E-state index contributed by atoms with van der Waals surface area (Å²) in [5.41, 5.74) is 0.991. The first-order chi connectivity index (χ1) is 9.56. The van der Waals surface area contributed by atoms with Crippen molar-refractivity contribution in [2.75, 3.05) is 20.3 Å². The summed E-state index contributed by atoms with van der Waals surface area (Å²) in [6.07, 6.45) is 0.212. The van der Waals surface area contributed by atoms with Gasteiger partial charge in [-0.2, -0.15) is 0 Å². The van der Waals surface area contributed by atoms with E-state index in [0.29, 0.717) is 19.7 Å². The SMILES string of the molecule is CCOC(=O)CCN(Cc1ccc(OC)cc1)C(C)=O. The van der Waals surface area contributed by atoms with Crippen molar-refractivity contribution in [2.24, 2.45) is 0 Å². The fourth-order valence-electron chi connectivity index (χ4n) is 1.76. The number of nitrogens with zero attached hydrogens (tertiary/aromatic N) is 1. The fourth-order valence-corrected chi connectivity index (χ4v) is 1.76. The van der Waals surface area contributed by atoms with Crippen LogP contribution < -0.4 is 4.74 Å². The lowest BCUT2D eigenvalue weighted by Crippen LogP contribution is -2.30. The van der Waals surface area contributed by atoms with E-state index in [1.54, 1.807) is 18.9 Å². The molecular formula is C15H21NO4. The summed E-state index contributed by atoms with van der Waals surface area (Å²) in [5.74, 6) is 0.424. The van der Waals surface area contributed by atoms with Gasteiger partial charge in [0.2, 0.25) is 5.91 Å². The summed E-state index contributed by atoms with van der Waals surface area (Å²) in [6.45, 7) is 4.45. The van der Waals surface area contributed by atoms with Gasteiger partial charge >= 0.3 is 5.97 Å². The van der Waals surface area contributed by atoms with Gasteiger partial charge in [-0.1, -0.05) is 12.1 Å². The number of rotatable bonds is 7. The standard InChI is InChI=1S/C15H21NO4/c1-4-20-15(18)9-10-16(12(2)17)11-13-5-7-14(19-3)8-6-13/h5-8H,4,9-11H2,1-3H3. The second-order valence-corrected chi connectivity index (χ2v) is 4.34. The number of hydrogen-bond acceptors (Lipinski definition) is 4. The fraction of sp³-hybridized carbons (Fsp3) is 0.467. The van der Waals surface area contributed by atoms with Crippen LogP contribution in [0.3, 0.4) is 0 Å². The lowest BCUT2D eigenvalue weighted by Gasteiger charge is -2.20. The van der Waals surface area contributed by atoms with Gasteiger partial charge in [0.15, 0.2) is 0 Å². The average Bonchev–Trinajstić information content (AvgIpc) is 2.44. The molecule has 0 unspecified atom stereocenters. The van der Waals surface area contributed by atoms with E-state index in [2.05, 4.69) is 0 Å². The minimum Gasteiger partial charge on any atom is -0.497 e. The molecule has 0 saturated carbocycles. The highest BCUT2D eigenvalue weighted by Crippen LogP contribution is 2.13. The third-order valence-corrected chi connectivity index (χ3v) is 2.87. The van der Waals surface area contributed by atoms with Gasteiger partial charge in [0.05, 0.1) is 20.1 Å². The van der Waals surface area contributed by atoms with Crippen LogP contribution in [0.15, 0.2) is 24.3 Å². The maximum atomic E-state index is 11.6. The topological polar surface area (TPSA) is 55.8 Å². The Kier molecular flexibility index (Phi) is 6.56. The molecule has 5 nitrogen and oxygen atoms in total. The molecule has 0 N–H and O–H groups in total. The Morgan fingerprint density at radius 1 is 1.20 bits per heavy atom. The van der Waals surface area contributed by atoms with Crippen molar-refractivity contribution in [3.63, 3.8) is 0 Å². The van der Waals surface area contributed by atoms with E-state index < -0.39 is 0 Å². The molecule has 110 valence electrons. The molecule has 0 aliphatic heterocycles.